The molecule has 0 unspecified atom stereocenters. The Morgan fingerprint density at radius 3 is 3.00 bits per heavy atom. The average molecular weight is 390 g/mol. The van der Waals surface area contributed by atoms with Gasteiger partial charge in [-0.1, -0.05) is 0 Å². The zero-order valence-electron chi connectivity index (χ0n) is 12.0. The molecule has 1 aliphatic rings. The van der Waals surface area contributed by atoms with Crippen LogP contribution in [0.4, 0.5) is 0 Å². The number of amides is 1. The van der Waals surface area contributed by atoms with Crippen LogP contribution in [0.1, 0.15) is 10.4 Å². The first-order valence-electron chi connectivity index (χ1n) is 7.10. The SMILES string of the molecule is O=C(c1ccc2ncsc2c1)N1CC(Oc2ncccc2Br)C1. The standard InChI is InChI=1S/C16H12BrN3O2S/c17-12-2-1-5-18-15(12)22-11-7-20(8-11)16(21)10-3-4-13-14(6-10)23-9-19-13/h1-6,9,11H,7-8H2. The number of hydrogen-bond donors (Lipinski definition) is 0. The van der Waals surface area contributed by atoms with Gasteiger partial charge in [0, 0.05) is 11.8 Å². The van der Waals surface area contributed by atoms with E-state index in [4.69, 9.17) is 4.74 Å². The van der Waals surface area contributed by atoms with Crippen LogP contribution in [0, 0.1) is 0 Å². The Morgan fingerprint density at radius 1 is 1.30 bits per heavy atom. The number of pyridine rings is 1. The van der Waals surface area contributed by atoms with E-state index in [2.05, 4.69) is 25.9 Å². The van der Waals surface area contributed by atoms with Crippen molar-refractivity contribution in [2.45, 2.75) is 6.10 Å². The van der Waals surface area contributed by atoms with Gasteiger partial charge < -0.3 is 9.64 Å². The van der Waals surface area contributed by atoms with Gasteiger partial charge in [-0.25, -0.2) is 9.97 Å². The summed E-state index contributed by atoms with van der Waals surface area (Å²) in [5, 5.41) is 0. The zero-order valence-corrected chi connectivity index (χ0v) is 14.4. The van der Waals surface area contributed by atoms with Crippen molar-refractivity contribution < 1.29 is 9.53 Å². The van der Waals surface area contributed by atoms with Gasteiger partial charge in [0.15, 0.2) is 0 Å². The predicted molar refractivity (Wildman–Crippen MR) is 91.9 cm³/mol. The highest BCUT2D eigenvalue weighted by molar-refractivity contribution is 9.10. The van der Waals surface area contributed by atoms with Crippen LogP contribution >= 0.6 is 27.3 Å². The number of thiazole rings is 1. The van der Waals surface area contributed by atoms with E-state index >= 15 is 0 Å². The van der Waals surface area contributed by atoms with Crippen LogP contribution in [-0.2, 0) is 0 Å². The minimum absolute atomic E-state index is 0.0164. The molecule has 2 aromatic heterocycles. The lowest BCUT2D eigenvalue weighted by Crippen LogP contribution is -2.56. The first-order valence-corrected chi connectivity index (χ1v) is 8.77. The van der Waals surface area contributed by atoms with Crippen molar-refractivity contribution in [2.75, 3.05) is 13.1 Å². The average Bonchev–Trinajstić information content (AvgIpc) is 2.99. The molecule has 23 heavy (non-hydrogen) atoms. The maximum Gasteiger partial charge on any atom is 0.254 e. The summed E-state index contributed by atoms with van der Waals surface area (Å²) in [5.74, 6) is 0.593. The van der Waals surface area contributed by atoms with Gasteiger partial charge >= 0.3 is 0 Å². The highest BCUT2D eigenvalue weighted by Gasteiger charge is 2.33. The summed E-state index contributed by atoms with van der Waals surface area (Å²) in [5.41, 5.74) is 3.41. The monoisotopic (exact) mass is 389 g/mol. The maximum absolute atomic E-state index is 12.5. The Morgan fingerprint density at radius 2 is 2.17 bits per heavy atom. The van der Waals surface area contributed by atoms with Crippen molar-refractivity contribution in [1.82, 2.24) is 14.9 Å². The highest BCUT2D eigenvalue weighted by Crippen LogP contribution is 2.26. The Bertz CT molecular complexity index is 876. The van der Waals surface area contributed by atoms with Crippen molar-refractivity contribution in [3.8, 4) is 5.88 Å². The molecule has 1 aromatic carbocycles. The molecule has 1 aliphatic heterocycles. The Hall–Kier alpha value is -1.99. The quantitative estimate of drug-likeness (QED) is 0.688. The van der Waals surface area contributed by atoms with Crippen LogP contribution in [0.15, 0.2) is 46.5 Å². The number of benzene rings is 1. The number of ether oxygens (including phenoxy) is 1. The molecule has 0 spiro atoms. The molecule has 0 radical (unpaired) electrons. The van der Waals surface area contributed by atoms with Gasteiger partial charge in [-0.15, -0.1) is 11.3 Å². The number of likely N-dealkylation sites (tertiary alicyclic amines) is 1. The third-order valence-electron chi connectivity index (χ3n) is 3.72. The normalized spacial score (nSPS) is 14.7. The van der Waals surface area contributed by atoms with E-state index in [0.29, 0.717) is 24.5 Å². The van der Waals surface area contributed by atoms with Crippen LogP contribution in [0.5, 0.6) is 5.88 Å². The van der Waals surface area contributed by atoms with E-state index in [1.165, 1.54) is 0 Å². The van der Waals surface area contributed by atoms with E-state index in [-0.39, 0.29) is 12.0 Å². The first kappa shape index (κ1) is 14.6. The maximum atomic E-state index is 12.5. The molecule has 1 amide bonds. The number of carbonyl (C=O) groups is 1. The number of nitrogens with zero attached hydrogens (tertiary/aromatic N) is 3. The van der Waals surface area contributed by atoms with Crippen molar-refractivity contribution in [3.63, 3.8) is 0 Å². The molecular formula is C16H12BrN3O2S. The van der Waals surface area contributed by atoms with Gasteiger partial charge in [-0.05, 0) is 46.3 Å². The van der Waals surface area contributed by atoms with Gasteiger partial charge in [0.1, 0.15) is 6.10 Å². The molecule has 1 fully saturated rings. The largest absolute Gasteiger partial charge is 0.470 e. The Balaban J connectivity index is 1.41. The summed E-state index contributed by atoms with van der Waals surface area (Å²) in [6, 6.07) is 9.34. The molecule has 0 bridgehead atoms. The molecule has 3 heterocycles. The van der Waals surface area contributed by atoms with Gasteiger partial charge in [0.05, 0.1) is 33.3 Å². The molecule has 5 nitrogen and oxygen atoms in total. The van der Waals surface area contributed by atoms with Gasteiger partial charge in [0.2, 0.25) is 5.88 Å². The topological polar surface area (TPSA) is 55.3 Å². The van der Waals surface area contributed by atoms with E-state index in [0.717, 1.165) is 14.7 Å². The van der Waals surface area contributed by atoms with Crippen molar-refractivity contribution in [2.24, 2.45) is 0 Å². The molecule has 0 N–H and O–H groups in total. The van der Waals surface area contributed by atoms with Crippen molar-refractivity contribution >= 4 is 43.4 Å². The third kappa shape index (κ3) is 2.82. The summed E-state index contributed by atoms with van der Waals surface area (Å²) in [6.07, 6.45) is 1.67. The number of hydrogen-bond acceptors (Lipinski definition) is 5. The van der Waals surface area contributed by atoms with Crippen molar-refractivity contribution in [3.05, 3.63) is 52.1 Å². The first-order chi connectivity index (χ1) is 11.2. The minimum Gasteiger partial charge on any atom is -0.470 e. The van der Waals surface area contributed by atoms with Gasteiger partial charge in [-0.3, -0.25) is 4.79 Å². The lowest BCUT2D eigenvalue weighted by atomic mass is 10.1. The third-order valence-corrected chi connectivity index (χ3v) is 5.11. The lowest BCUT2D eigenvalue weighted by Gasteiger charge is -2.38. The fourth-order valence-corrected chi connectivity index (χ4v) is 3.53. The number of rotatable bonds is 3. The summed E-state index contributed by atoms with van der Waals surface area (Å²) in [6.45, 7) is 1.14. The molecule has 116 valence electrons. The van der Waals surface area contributed by atoms with Crippen LogP contribution in [0.3, 0.4) is 0 Å². The van der Waals surface area contributed by atoms with Crippen LogP contribution < -0.4 is 4.74 Å². The number of aromatic nitrogens is 2. The van der Waals surface area contributed by atoms with E-state index in [9.17, 15) is 4.79 Å². The van der Waals surface area contributed by atoms with Crippen LogP contribution in [-0.4, -0.2) is 40.0 Å². The molecule has 0 atom stereocenters. The fourth-order valence-electron chi connectivity index (χ4n) is 2.46. The van der Waals surface area contributed by atoms with Crippen LogP contribution in [0.25, 0.3) is 10.2 Å². The van der Waals surface area contributed by atoms with Gasteiger partial charge in [-0.2, -0.15) is 0 Å². The fraction of sp³-hybridized carbons (Fsp3) is 0.188. The molecule has 1 saturated heterocycles. The van der Waals surface area contributed by atoms with Gasteiger partial charge in [0.25, 0.3) is 5.91 Å². The smallest absolute Gasteiger partial charge is 0.254 e. The second kappa shape index (κ2) is 5.90. The lowest BCUT2D eigenvalue weighted by molar-refractivity contribution is 0.0157. The predicted octanol–water partition coefficient (Wildman–Crippen LogP) is 3.36. The molecule has 0 saturated carbocycles. The second-order valence-electron chi connectivity index (χ2n) is 5.28. The summed E-state index contributed by atoms with van der Waals surface area (Å²) in [4.78, 5) is 22.7. The number of fused-ring (bicyclic) bond motifs is 1. The zero-order chi connectivity index (χ0) is 15.8. The second-order valence-corrected chi connectivity index (χ2v) is 7.02. The molecule has 4 rings (SSSR count). The molecule has 3 aromatic rings. The molecule has 7 heteroatoms. The van der Waals surface area contributed by atoms with Crippen molar-refractivity contribution in [1.29, 1.82) is 0 Å². The minimum atomic E-state index is -0.0164. The van der Waals surface area contributed by atoms with E-state index in [1.54, 1.807) is 27.9 Å². The summed E-state index contributed by atoms with van der Waals surface area (Å²) >= 11 is 4.95. The molecular weight excluding hydrogens is 378 g/mol. The number of carbonyl (C=O) groups excluding carboxylic acids is 1. The van der Waals surface area contributed by atoms with E-state index < -0.39 is 0 Å². The van der Waals surface area contributed by atoms with Crippen LogP contribution in [0.2, 0.25) is 0 Å². The Kier molecular flexibility index (Phi) is 3.74. The Labute approximate surface area is 145 Å². The molecule has 0 aliphatic carbocycles. The number of halogens is 1. The van der Waals surface area contributed by atoms with E-state index in [1.807, 2.05) is 30.3 Å². The highest BCUT2D eigenvalue weighted by atomic mass is 79.9. The summed E-state index contributed by atoms with van der Waals surface area (Å²) < 4.78 is 7.64. The summed E-state index contributed by atoms with van der Waals surface area (Å²) in [7, 11) is 0.